The molecule has 0 aliphatic rings. The zero-order valence-corrected chi connectivity index (χ0v) is 11.7. The fourth-order valence-corrected chi connectivity index (χ4v) is 2.54. The largest absolute Gasteiger partial charge is 0.386 e. The standard InChI is InChI=1S/C15H14ClN3O/c1-19-12-7-3-2-6-11(12)18-14(19)9-13(20)15-10(16)5-4-8-17-15/h2-8,13,20H,9H2,1H3. The quantitative estimate of drug-likeness (QED) is 0.806. The predicted molar refractivity (Wildman–Crippen MR) is 78.6 cm³/mol. The normalized spacial score (nSPS) is 12.8. The van der Waals surface area contributed by atoms with Gasteiger partial charge in [0, 0.05) is 19.7 Å². The molecule has 1 N–H and O–H groups in total. The Labute approximate surface area is 121 Å². The molecule has 0 aliphatic carbocycles. The molecule has 0 fully saturated rings. The fraction of sp³-hybridized carbons (Fsp3) is 0.200. The number of fused-ring (bicyclic) bond motifs is 1. The first-order valence-corrected chi connectivity index (χ1v) is 6.73. The molecule has 3 aromatic rings. The number of halogens is 1. The Morgan fingerprint density at radius 1 is 1.25 bits per heavy atom. The zero-order chi connectivity index (χ0) is 14.1. The van der Waals surface area contributed by atoms with Gasteiger partial charge in [0.15, 0.2) is 0 Å². The highest BCUT2D eigenvalue weighted by Crippen LogP contribution is 2.24. The summed E-state index contributed by atoms with van der Waals surface area (Å²) in [5.41, 5.74) is 2.45. The summed E-state index contributed by atoms with van der Waals surface area (Å²) in [4.78, 5) is 8.68. The van der Waals surface area contributed by atoms with Crippen LogP contribution in [0.3, 0.4) is 0 Å². The molecule has 1 unspecified atom stereocenters. The van der Waals surface area contributed by atoms with E-state index in [-0.39, 0.29) is 0 Å². The second-order valence-electron chi connectivity index (χ2n) is 4.67. The van der Waals surface area contributed by atoms with Gasteiger partial charge in [-0.25, -0.2) is 4.98 Å². The number of nitrogens with zero attached hydrogens (tertiary/aromatic N) is 3. The number of aromatic nitrogens is 3. The third kappa shape index (κ3) is 2.28. The van der Waals surface area contributed by atoms with Crippen molar-refractivity contribution in [1.29, 1.82) is 0 Å². The summed E-state index contributed by atoms with van der Waals surface area (Å²) in [6.07, 6.45) is 1.24. The Balaban J connectivity index is 1.93. The maximum Gasteiger partial charge on any atom is 0.112 e. The summed E-state index contributed by atoms with van der Waals surface area (Å²) in [7, 11) is 1.94. The number of rotatable bonds is 3. The molecule has 0 saturated carbocycles. The Hall–Kier alpha value is -1.91. The molecule has 1 aromatic carbocycles. The average molecular weight is 288 g/mol. The molecule has 20 heavy (non-hydrogen) atoms. The van der Waals surface area contributed by atoms with Crippen molar-refractivity contribution in [3.05, 3.63) is 59.1 Å². The molecule has 0 radical (unpaired) electrons. The first-order chi connectivity index (χ1) is 9.66. The number of aliphatic hydroxyl groups excluding tert-OH is 1. The van der Waals surface area contributed by atoms with Crippen LogP contribution in [0.1, 0.15) is 17.6 Å². The van der Waals surface area contributed by atoms with Crippen molar-refractivity contribution in [2.24, 2.45) is 7.05 Å². The third-order valence-corrected chi connectivity index (χ3v) is 3.68. The Kier molecular flexibility index (Phi) is 3.42. The molecule has 0 bridgehead atoms. The van der Waals surface area contributed by atoms with Crippen molar-refractivity contribution in [3.63, 3.8) is 0 Å². The van der Waals surface area contributed by atoms with Crippen molar-refractivity contribution >= 4 is 22.6 Å². The fourth-order valence-electron chi connectivity index (χ4n) is 2.29. The van der Waals surface area contributed by atoms with Crippen molar-refractivity contribution < 1.29 is 5.11 Å². The topological polar surface area (TPSA) is 50.9 Å². The van der Waals surface area contributed by atoms with Crippen molar-refractivity contribution in [3.8, 4) is 0 Å². The van der Waals surface area contributed by atoms with Crippen LogP contribution in [0.25, 0.3) is 11.0 Å². The number of aryl methyl sites for hydroxylation is 1. The summed E-state index contributed by atoms with van der Waals surface area (Å²) in [6.45, 7) is 0. The third-order valence-electron chi connectivity index (χ3n) is 3.36. The number of benzene rings is 1. The molecular weight excluding hydrogens is 274 g/mol. The second kappa shape index (κ2) is 5.23. The van der Waals surface area contributed by atoms with E-state index in [1.807, 2.05) is 35.9 Å². The molecule has 1 atom stereocenters. The van der Waals surface area contributed by atoms with Gasteiger partial charge < -0.3 is 9.67 Å². The van der Waals surface area contributed by atoms with E-state index in [9.17, 15) is 5.11 Å². The number of para-hydroxylation sites is 2. The van der Waals surface area contributed by atoms with Gasteiger partial charge in [-0.15, -0.1) is 0 Å². The molecule has 0 saturated heterocycles. The molecule has 0 amide bonds. The minimum Gasteiger partial charge on any atom is -0.386 e. The van der Waals surface area contributed by atoms with Crippen molar-refractivity contribution in [2.75, 3.05) is 0 Å². The van der Waals surface area contributed by atoms with E-state index in [4.69, 9.17) is 11.6 Å². The Bertz CT molecular complexity index is 754. The van der Waals surface area contributed by atoms with Gasteiger partial charge in [0.05, 0.1) is 21.7 Å². The SMILES string of the molecule is Cn1c(CC(O)c2ncccc2Cl)nc2ccccc21. The number of hydrogen-bond acceptors (Lipinski definition) is 3. The predicted octanol–water partition coefficient (Wildman–Crippen LogP) is 2.90. The van der Waals surface area contributed by atoms with Gasteiger partial charge in [0.1, 0.15) is 11.9 Å². The van der Waals surface area contributed by atoms with Crippen LogP contribution in [0.4, 0.5) is 0 Å². The highest BCUT2D eigenvalue weighted by molar-refractivity contribution is 6.31. The molecule has 2 heterocycles. The summed E-state index contributed by atoms with van der Waals surface area (Å²) in [5.74, 6) is 0.806. The minimum absolute atomic E-state index is 0.377. The van der Waals surface area contributed by atoms with Crippen LogP contribution in [-0.4, -0.2) is 19.6 Å². The maximum absolute atomic E-state index is 10.3. The minimum atomic E-state index is -0.765. The monoisotopic (exact) mass is 287 g/mol. The molecular formula is C15H14ClN3O. The van der Waals surface area contributed by atoms with Crippen LogP contribution in [0.5, 0.6) is 0 Å². The number of pyridine rings is 1. The van der Waals surface area contributed by atoms with Crippen molar-refractivity contribution in [1.82, 2.24) is 14.5 Å². The molecule has 102 valence electrons. The van der Waals surface area contributed by atoms with Gasteiger partial charge in [0.25, 0.3) is 0 Å². The maximum atomic E-state index is 10.3. The van der Waals surface area contributed by atoms with E-state index in [0.717, 1.165) is 16.9 Å². The van der Waals surface area contributed by atoms with Gasteiger partial charge in [-0.3, -0.25) is 4.98 Å². The first kappa shape index (κ1) is 13.1. The summed E-state index contributed by atoms with van der Waals surface area (Å²) in [5, 5.41) is 10.8. The van der Waals surface area contributed by atoms with Gasteiger partial charge >= 0.3 is 0 Å². The van der Waals surface area contributed by atoms with Gasteiger partial charge in [-0.05, 0) is 24.3 Å². The lowest BCUT2D eigenvalue weighted by atomic mass is 10.1. The number of hydrogen-bond donors (Lipinski definition) is 1. The summed E-state index contributed by atoms with van der Waals surface area (Å²) < 4.78 is 1.98. The van der Waals surface area contributed by atoms with E-state index in [2.05, 4.69) is 9.97 Å². The van der Waals surface area contributed by atoms with Gasteiger partial charge in [-0.1, -0.05) is 23.7 Å². The molecule has 4 nitrogen and oxygen atoms in total. The van der Waals surface area contributed by atoms with Crippen LogP contribution >= 0.6 is 11.6 Å². The van der Waals surface area contributed by atoms with E-state index in [1.54, 1.807) is 18.3 Å². The average Bonchev–Trinajstić information content (AvgIpc) is 2.76. The van der Waals surface area contributed by atoms with Crippen LogP contribution in [0.15, 0.2) is 42.6 Å². The smallest absolute Gasteiger partial charge is 0.112 e. The van der Waals surface area contributed by atoms with Gasteiger partial charge in [-0.2, -0.15) is 0 Å². The highest BCUT2D eigenvalue weighted by atomic mass is 35.5. The van der Waals surface area contributed by atoms with Crippen LogP contribution < -0.4 is 0 Å². The van der Waals surface area contributed by atoms with E-state index < -0.39 is 6.10 Å². The lowest BCUT2D eigenvalue weighted by Crippen LogP contribution is -2.08. The van der Waals surface area contributed by atoms with E-state index in [0.29, 0.717) is 17.1 Å². The number of imidazole rings is 1. The second-order valence-corrected chi connectivity index (χ2v) is 5.07. The first-order valence-electron chi connectivity index (χ1n) is 6.35. The zero-order valence-electron chi connectivity index (χ0n) is 11.0. The van der Waals surface area contributed by atoms with E-state index in [1.165, 1.54) is 0 Å². The Morgan fingerprint density at radius 3 is 2.80 bits per heavy atom. The lowest BCUT2D eigenvalue weighted by molar-refractivity contribution is 0.170. The summed E-state index contributed by atoms with van der Waals surface area (Å²) in [6, 6.07) is 11.4. The van der Waals surface area contributed by atoms with Crippen LogP contribution in [0.2, 0.25) is 5.02 Å². The molecule has 3 rings (SSSR count). The molecule has 5 heteroatoms. The van der Waals surface area contributed by atoms with Crippen LogP contribution in [-0.2, 0) is 13.5 Å². The molecule has 0 aliphatic heterocycles. The molecule has 0 spiro atoms. The molecule has 2 aromatic heterocycles. The number of aliphatic hydroxyl groups is 1. The lowest BCUT2D eigenvalue weighted by Gasteiger charge is -2.11. The van der Waals surface area contributed by atoms with Gasteiger partial charge in [0.2, 0.25) is 0 Å². The van der Waals surface area contributed by atoms with E-state index >= 15 is 0 Å². The Morgan fingerprint density at radius 2 is 2.05 bits per heavy atom. The van der Waals surface area contributed by atoms with Crippen LogP contribution in [0, 0.1) is 0 Å². The summed E-state index contributed by atoms with van der Waals surface area (Å²) >= 11 is 6.05. The highest BCUT2D eigenvalue weighted by Gasteiger charge is 2.17. The van der Waals surface area contributed by atoms with Crippen molar-refractivity contribution in [2.45, 2.75) is 12.5 Å².